The second-order valence-electron chi connectivity index (χ2n) is 7.40. The number of piperazine rings is 1. The maximum atomic E-state index is 13.4. The Balaban J connectivity index is 1.88. The maximum absolute atomic E-state index is 13.4. The van der Waals surface area contributed by atoms with E-state index in [0.717, 1.165) is 0 Å². The molecule has 2 aliphatic heterocycles. The van der Waals surface area contributed by atoms with Crippen molar-refractivity contribution in [3.8, 4) is 0 Å². The number of sulfonamides is 1. The van der Waals surface area contributed by atoms with Crippen molar-refractivity contribution in [3.05, 3.63) is 17.8 Å². The molecule has 0 amide bonds. The number of β-amino-alcohol motifs (C(OH)–C–C–N with tert-alkyl or cyclic N) is 1. The topological polar surface area (TPSA) is 113 Å². The number of ether oxygens (including phenoxy) is 2. The molecule has 3 rings (SSSR count). The number of aliphatic hydroxyl groups excluding tert-OH is 1. The highest BCUT2D eigenvalue weighted by Crippen LogP contribution is 2.28. The summed E-state index contributed by atoms with van der Waals surface area (Å²) in [5.74, 6) is -0.296. The summed E-state index contributed by atoms with van der Waals surface area (Å²) in [6, 6.07) is 1.35. The fourth-order valence-corrected chi connectivity index (χ4v) is 5.19. The number of anilines is 1. The Kier molecular flexibility index (Phi) is 7.64. The standard InChI is InChI=1S/C19H30N4O6S/c1-3-16(24)14-21-4-6-22(7-5-21)18-17(12-15(13-20-18)19(25)28-2)30(26,27)23-8-10-29-11-9-23/h12-13,16,24H,3-11,14H2,1-2H3/t16-/m1/s1. The summed E-state index contributed by atoms with van der Waals surface area (Å²) in [4.78, 5) is 20.4. The highest BCUT2D eigenvalue weighted by molar-refractivity contribution is 7.89. The van der Waals surface area contributed by atoms with E-state index in [0.29, 0.717) is 58.2 Å². The minimum Gasteiger partial charge on any atom is -0.465 e. The molecule has 2 saturated heterocycles. The highest BCUT2D eigenvalue weighted by Gasteiger charge is 2.33. The summed E-state index contributed by atoms with van der Waals surface area (Å²) in [5, 5.41) is 9.89. The van der Waals surface area contributed by atoms with Crippen LogP contribution in [0.1, 0.15) is 23.7 Å². The molecule has 168 valence electrons. The van der Waals surface area contributed by atoms with Gasteiger partial charge in [-0.05, 0) is 12.5 Å². The third-order valence-electron chi connectivity index (χ3n) is 5.45. The van der Waals surface area contributed by atoms with Crippen molar-refractivity contribution < 1.29 is 27.8 Å². The van der Waals surface area contributed by atoms with Gasteiger partial charge in [-0.3, -0.25) is 4.90 Å². The fourth-order valence-electron chi connectivity index (χ4n) is 3.59. The van der Waals surface area contributed by atoms with E-state index in [1.54, 1.807) is 0 Å². The number of carbonyl (C=O) groups excluding carboxylic acids is 1. The van der Waals surface area contributed by atoms with E-state index < -0.39 is 16.0 Å². The number of hydrogen-bond donors (Lipinski definition) is 1. The van der Waals surface area contributed by atoms with Crippen LogP contribution < -0.4 is 4.90 Å². The summed E-state index contributed by atoms with van der Waals surface area (Å²) >= 11 is 0. The van der Waals surface area contributed by atoms with E-state index in [-0.39, 0.29) is 29.7 Å². The van der Waals surface area contributed by atoms with Crippen LogP contribution in [0.3, 0.4) is 0 Å². The van der Waals surface area contributed by atoms with Crippen molar-refractivity contribution >= 4 is 21.8 Å². The molecule has 3 heterocycles. The number of nitrogens with zero attached hydrogens (tertiary/aromatic N) is 4. The van der Waals surface area contributed by atoms with Crippen molar-refractivity contribution in [2.45, 2.75) is 24.3 Å². The lowest BCUT2D eigenvalue weighted by molar-refractivity contribution is 0.0599. The molecule has 1 aromatic heterocycles. The number of methoxy groups -OCH3 is 1. The molecule has 0 aromatic carbocycles. The molecule has 1 N–H and O–H groups in total. The van der Waals surface area contributed by atoms with Gasteiger partial charge in [0.1, 0.15) is 10.7 Å². The Bertz CT molecular complexity index is 835. The Labute approximate surface area is 177 Å². The third kappa shape index (κ3) is 5.09. The van der Waals surface area contributed by atoms with Gasteiger partial charge in [-0.1, -0.05) is 6.92 Å². The molecule has 0 saturated carbocycles. The molecule has 10 nitrogen and oxygen atoms in total. The van der Waals surface area contributed by atoms with E-state index in [1.807, 2.05) is 11.8 Å². The average Bonchev–Trinajstić information content (AvgIpc) is 2.79. The van der Waals surface area contributed by atoms with Crippen LogP contribution in [0.15, 0.2) is 17.2 Å². The van der Waals surface area contributed by atoms with Crippen molar-refractivity contribution in [2.75, 3.05) is 71.0 Å². The summed E-state index contributed by atoms with van der Waals surface area (Å²) in [5.41, 5.74) is 0.0952. The van der Waals surface area contributed by atoms with Crippen LogP contribution in [0.25, 0.3) is 0 Å². The molecule has 0 spiro atoms. The Morgan fingerprint density at radius 1 is 1.23 bits per heavy atom. The lowest BCUT2D eigenvalue weighted by Crippen LogP contribution is -2.49. The molecular formula is C19H30N4O6S. The van der Waals surface area contributed by atoms with E-state index >= 15 is 0 Å². The number of hydrogen-bond acceptors (Lipinski definition) is 9. The highest BCUT2D eigenvalue weighted by atomic mass is 32.2. The Hall–Kier alpha value is -1.79. The predicted molar refractivity (Wildman–Crippen MR) is 110 cm³/mol. The van der Waals surface area contributed by atoms with Crippen LogP contribution in [0.2, 0.25) is 0 Å². The summed E-state index contributed by atoms with van der Waals surface area (Å²) in [7, 11) is -2.61. The second kappa shape index (κ2) is 10.0. The van der Waals surface area contributed by atoms with Crippen LogP contribution >= 0.6 is 0 Å². The first-order chi connectivity index (χ1) is 14.4. The number of morpholine rings is 1. The van der Waals surface area contributed by atoms with Gasteiger partial charge in [-0.25, -0.2) is 18.2 Å². The van der Waals surface area contributed by atoms with Gasteiger partial charge in [0, 0.05) is 52.0 Å². The lowest BCUT2D eigenvalue weighted by Gasteiger charge is -2.37. The smallest absolute Gasteiger partial charge is 0.339 e. The molecule has 0 unspecified atom stereocenters. The van der Waals surface area contributed by atoms with Gasteiger partial charge in [0.2, 0.25) is 10.0 Å². The summed E-state index contributed by atoms with van der Waals surface area (Å²) in [6.07, 6.45) is 1.68. The van der Waals surface area contributed by atoms with Crippen LogP contribution in [-0.4, -0.2) is 106 Å². The van der Waals surface area contributed by atoms with Crippen molar-refractivity contribution in [3.63, 3.8) is 0 Å². The molecule has 11 heteroatoms. The fraction of sp³-hybridized carbons (Fsp3) is 0.684. The number of aliphatic hydroxyl groups is 1. The van der Waals surface area contributed by atoms with Gasteiger partial charge in [-0.15, -0.1) is 0 Å². The zero-order valence-electron chi connectivity index (χ0n) is 17.5. The molecule has 0 radical (unpaired) electrons. The van der Waals surface area contributed by atoms with Gasteiger partial charge in [0.25, 0.3) is 0 Å². The van der Waals surface area contributed by atoms with Crippen LogP contribution in [0.4, 0.5) is 5.82 Å². The quantitative estimate of drug-likeness (QED) is 0.573. The van der Waals surface area contributed by atoms with Gasteiger partial charge < -0.3 is 19.5 Å². The molecular weight excluding hydrogens is 412 g/mol. The van der Waals surface area contributed by atoms with Crippen LogP contribution in [-0.2, 0) is 19.5 Å². The summed E-state index contributed by atoms with van der Waals surface area (Å²) in [6.45, 7) is 6.24. The third-order valence-corrected chi connectivity index (χ3v) is 7.36. The van der Waals surface area contributed by atoms with Gasteiger partial charge in [-0.2, -0.15) is 4.31 Å². The molecule has 0 bridgehead atoms. The molecule has 30 heavy (non-hydrogen) atoms. The molecule has 2 fully saturated rings. The monoisotopic (exact) mass is 442 g/mol. The zero-order valence-corrected chi connectivity index (χ0v) is 18.3. The Morgan fingerprint density at radius 2 is 1.90 bits per heavy atom. The number of esters is 1. The van der Waals surface area contributed by atoms with E-state index in [1.165, 1.54) is 23.7 Å². The Morgan fingerprint density at radius 3 is 2.50 bits per heavy atom. The minimum absolute atomic E-state index is 0.00865. The maximum Gasteiger partial charge on any atom is 0.339 e. The molecule has 1 atom stereocenters. The average molecular weight is 443 g/mol. The first-order valence-corrected chi connectivity index (χ1v) is 11.6. The van der Waals surface area contributed by atoms with E-state index in [9.17, 15) is 18.3 Å². The van der Waals surface area contributed by atoms with Crippen LogP contribution in [0, 0.1) is 0 Å². The number of aromatic nitrogens is 1. The van der Waals surface area contributed by atoms with E-state index in [2.05, 4.69) is 9.88 Å². The first kappa shape index (κ1) is 22.9. The minimum atomic E-state index is -3.85. The van der Waals surface area contributed by atoms with Gasteiger partial charge >= 0.3 is 5.97 Å². The number of carbonyl (C=O) groups is 1. The molecule has 1 aromatic rings. The first-order valence-electron chi connectivity index (χ1n) is 10.2. The lowest BCUT2D eigenvalue weighted by atomic mass is 10.2. The van der Waals surface area contributed by atoms with Crippen LogP contribution in [0.5, 0.6) is 0 Å². The van der Waals surface area contributed by atoms with E-state index in [4.69, 9.17) is 9.47 Å². The van der Waals surface area contributed by atoms with Gasteiger partial charge in [0.05, 0.1) is 32.0 Å². The van der Waals surface area contributed by atoms with Crippen molar-refractivity contribution in [1.82, 2.24) is 14.2 Å². The SMILES string of the molecule is CC[C@@H](O)CN1CCN(c2ncc(C(=O)OC)cc2S(=O)(=O)N2CCOCC2)CC1. The largest absolute Gasteiger partial charge is 0.465 e. The predicted octanol–water partition coefficient (Wildman–Crippen LogP) is -0.218. The molecule has 0 aliphatic carbocycles. The summed E-state index contributed by atoms with van der Waals surface area (Å²) < 4.78 is 38.1. The zero-order chi connectivity index (χ0) is 21.7. The molecule has 2 aliphatic rings. The van der Waals surface area contributed by atoms with Gasteiger partial charge in [0.15, 0.2) is 0 Å². The number of rotatable bonds is 7. The second-order valence-corrected chi connectivity index (χ2v) is 9.31. The van der Waals surface area contributed by atoms with Crippen molar-refractivity contribution in [2.24, 2.45) is 0 Å². The van der Waals surface area contributed by atoms with Crippen molar-refractivity contribution in [1.29, 1.82) is 0 Å². The number of pyridine rings is 1. The normalized spacial score (nSPS) is 20.2.